The van der Waals surface area contributed by atoms with Crippen molar-refractivity contribution in [3.05, 3.63) is 40.1 Å². The minimum absolute atomic E-state index is 0.110. The van der Waals surface area contributed by atoms with Crippen molar-refractivity contribution in [1.29, 1.82) is 0 Å². The van der Waals surface area contributed by atoms with Crippen LogP contribution in [0.3, 0.4) is 0 Å². The number of alkyl halides is 3. The van der Waals surface area contributed by atoms with Gasteiger partial charge in [0.2, 0.25) is 0 Å². The number of H-pyrrole nitrogens is 1. The number of nitrogens with one attached hydrogen (secondary N) is 1. The van der Waals surface area contributed by atoms with Gasteiger partial charge >= 0.3 is 12.1 Å². The summed E-state index contributed by atoms with van der Waals surface area (Å²) in [6.07, 6.45) is 0.536. The number of aromatic amines is 1. The first-order valence-electron chi connectivity index (χ1n) is 8.48. The summed E-state index contributed by atoms with van der Waals surface area (Å²) in [7, 11) is 0. The first-order valence-corrected chi connectivity index (χ1v) is 9.23. The summed E-state index contributed by atoms with van der Waals surface area (Å²) < 4.78 is 31.7. The Morgan fingerprint density at radius 1 is 1.28 bits per heavy atom. The minimum Gasteiger partial charge on any atom is -0.508 e. The van der Waals surface area contributed by atoms with Gasteiger partial charge in [-0.05, 0) is 24.8 Å². The molecule has 0 unspecified atom stereocenters. The first-order chi connectivity index (χ1) is 13.5. The number of phenols is 1. The van der Waals surface area contributed by atoms with Gasteiger partial charge in [-0.2, -0.15) is 18.3 Å². The SMILES string of the molecule is N[C@@H](c1cc(Cl)c(Cl)cc1O)C1CCN(c2cn[nH]c2)CC1.O=C(O)C(F)(F)F. The lowest BCUT2D eigenvalue weighted by molar-refractivity contribution is -0.192. The largest absolute Gasteiger partial charge is 0.508 e. The number of nitrogens with two attached hydrogens (primary N) is 1. The van der Waals surface area contributed by atoms with Gasteiger partial charge in [0.05, 0.1) is 21.9 Å². The molecule has 12 heteroatoms. The average Bonchev–Trinajstić information content (AvgIpc) is 3.19. The molecule has 0 radical (unpaired) electrons. The molecule has 5 N–H and O–H groups in total. The van der Waals surface area contributed by atoms with E-state index in [4.69, 9.17) is 38.8 Å². The number of carbonyl (C=O) groups is 1. The number of nitrogens with zero attached hydrogens (tertiary/aromatic N) is 2. The number of piperidine rings is 1. The minimum atomic E-state index is -5.08. The van der Waals surface area contributed by atoms with Crippen LogP contribution in [0.5, 0.6) is 5.75 Å². The Hall–Kier alpha value is -2.17. The highest BCUT2D eigenvalue weighted by Gasteiger charge is 2.38. The third-order valence-electron chi connectivity index (χ3n) is 4.57. The summed E-state index contributed by atoms with van der Waals surface area (Å²) in [5.41, 5.74) is 8.12. The number of hydrogen-bond donors (Lipinski definition) is 4. The fourth-order valence-electron chi connectivity index (χ4n) is 3.01. The lowest BCUT2D eigenvalue weighted by atomic mass is 9.85. The van der Waals surface area contributed by atoms with Gasteiger partial charge in [-0.3, -0.25) is 5.10 Å². The summed E-state index contributed by atoms with van der Waals surface area (Å²) in [5, 5.41) is 24.8. The average molecular weight is 455 g/mol. The van der Waals surface area contributed by atoms with E-state index in [-0.39, 0.29) is 11.8 Å². The molecule has 0 spiro atoms. The van der Waals surface area contributed by atoms with E-state index < -0.39 is 12.1 Å². The molecule has 7 nitrogen and oxygen atoms in total. The number of carboxylic acids is 1. The van der Waals surface area contributed by atoms with Crippen LogP contribution in [0.2, 0.25) is 10.0 Å². The monoisotopic (exact) mass is 454 g/mol. The van der Waals surface area contributed by atoms with Crippen molar-refractivity contribution in [2.45, 2.75) is 25.1 Å². The van der Waals surface area contributed by atoms with Crippen LogP contribution in [0.25, 0.3) is 0 Å². The first kappa shape index (κ1) is 23.1. The van der Waals surface area contributed by atoms with E-state index in [0.29, 0.717) is 21.5 Å². The second-order valence-corrected chi connectivity index (χ2v) is 7.25. The summed E-state index contributed by atoms with van der Waals surface area (Å²) >= 11 is 11.9. The lowest BCUT2D eigenvalue weighted by Crippen LogP contribution is -2.37. The Labute approximate surface area is 174 Å². The van der Waals surface area contributed by atoms with Gasteiger partial charge < -0.3 is 20.8 Å². The molecule has 0 aliphatic carbocycles. The number of rotatable bonds is 3. The number of hydrogen-bond acceptors (Lipinski definition) is 5. The summed E-state index contributed by atoms with van der Waals surface area (Å²) in [6, 6.07) is 2.88. The molecule has 1 saturated heterocycles. The number of halogens is 5. The van der Waals surface area contributed by atoms with Gasteiger partial charge in [0.1, 0.15) is 5.75 Å². The molecule has 0 saturated carbocycles. The van der Waals surface area contributed by atoms with Crippen molar-refractivity contribution in [3.8, 4) is 5.75 Å². The van der Waals surface area contributed by atoms with E-state index >= 15 is 0 Å². The fourth-order valence-corrected chi connectivity index (χ4v) is 3.34. The molecule has 160 valence electrons. The molecule has 1 aliphatic rings. The highest BCUT2D eigenvalue weighted by Crippen LogP contribution is 2.38. The van der Waals surface area contributed by atoms with Crippen molar-refractivity contribution >= 4 is 34.9 Å². The van der Waals surface area contributed by atoms with Gasteiger partial charge in [-0.1, -0.05) is 23.2 Å². The van der Waals surface area contributed by atoms with Gasteiger partial charge in [0.25, 0.3) is 0 Å². The standard InChI is InChI=1S/C15H18Cl2N4O.C2HF3O2/c16-12-5-11(14(22)6-13(12)17)15(18)9-1-3-21(4-2-9)10-7-19-20-8-10;3-2(4,5)1(6)7/h5-9,15,22H,1-4,18H2,(H,19,20);(H,6,7)/t15-;/m1./s1. The zero-order chi connectivity index (χ0) is 21.8. The van der Waals surface area contributed by atoms with Crippen LogP contribution >= 0.6 is 23.2 Å². The van der Waals surface area contributed by atoms with E-state index in [1.165, 1.54) is 6.07 Å². The highest BCUT2D eigenvalue weighted by molar-refractivity contribution is 6.42. The van der Waals surface area contributed by atoms with Gasteiger partial charge in [-0.15, -0.1) is 0 Å². The molecule has 1 atom stereocenters. The van der Waals surface area contributed by atoms with E-state index in [2.05, 4.69) is 15.1 Å². The Balaban J connectivity index is 0.000000370. The van der Waals surface area contributed by atoms with Crippen molar-refractivity contribution in [2.24, 2.45) is 11.7 Å². The second kappa shape index (κ2) is 9.55. The number of phenolic OH excluding ortho intramolecular Hbond substituents is 1. The molecule has 3 rings (SSSR count). The molecule has 1 aromatic heterocycles. The highest BCUT2D eigenvalue weighted by atomic mass is 35.5. The topological polar surface area (TPSA) is 115 Å². The van der Waals surface area contributed by atoms with Crippen molar-refractivity contribution in [3.63, 3.8) is 0 Å². The molecule has 29 heavy (non-hydrogen) atoms. The van der Waals surface area contributed by atoms with Gasteiger partial charge in [-0.25, -0.2) is 4.79 Å². The zero-order valence-corrected chi connectivity index (χ0v) is 16.5. The Morgan fingerprint density at radius 3 is 2.31 bits per heavy atom. The van der Waals surface area contributed by atoms with Crippen LogP contribution in [0.1, 0.15) is 24.4 Å². The maximum atomic E-state index is 10.6. The fraction of sp³-hybridized carbons (Fsp3) is 0.412. The maximum absolute atomic E-state index is 10.6. The molecule has 2 heterocycles. The molecule has 1 aromatic carbocycles. The van der Waals surface area contributed by atoms with E-state index in [1.807, 2.05) is 12.4 Å². The summed E-state index contributed by atoms with van der Waals surface area (Å²) in [6.45, 7) is 1.83. The van der Waals surface area contributed by atoms with Crippen molar-refractivity contribution in [1.82, 2.24) is 10.2 Å². The van der Waals surface area contributed by atoms with E-state index in [1.54, 1.807) is 6.07 Å². The second-order valence-electron chi connectivity index (χ2n) is 6.43. The number of anilines is 1. The predicted octanol–water partition coefficient (Wildman–Crippen LogP) is 3.97. The van der Waals surface area contributed by atoms with Gasteiger partial charge in [0.15, 0.2) is 0 Å². The molecular formula is C17H19Cl2F3N4O3. The maximum Gasteiger partial charge on any atom is 0.490 e. The molecule has 2 aromatic rings. The van der Waals surface area contributed by atoms with Crippen LogP contribution in [0, 0.1) is 5.92 Å². The summed E-state index contributed by atoms with van der Waals surface area (Å²) in [4.78, 5) is 11.2. The molecular weight excluding hydrogens is 436 g/mol. The number of benzene rings is 1. The lowest BCUT2D eigenvalue weighted by Gasteiger charge is -2.35. The normalized spacial score (nSPS) is 16.1. The van der Waals surface area contributed by atoms with Crippen molar-refractivity contribution in [2.75, 3.05) is 18.0 Å². The van der Waals surface area contributed by atoms with Crippen LogP contribution in [0.15, 0.2) is 24.5 Å². The number of carboxylic acid groups (broad SMARTS) is 1. The zero-order valence-electron chi connectivity index (χ0n) is 15.0. The molecule has 0 bridgehead atoms. The number of aromatic hydroxyl groups is 1. The smallest absolute Gasteiger partial charge is 0.490 e. The van der Waals surface area contributed by atoms with Crippen LogP contribution in [-0.2, 0) is 4.79 Å². The van der Waals surface area contributed by atoms with E-state index in [9.17, 15) is 18.3 Å². The van der Waals surface area contributed by atoms with Gasteiger partial charge in [0, 0.05) is 37.0 Å². The van der Waals surface area contributed by atoms with Crippen LogP contribution < -0.4 is 10.6 Å². The molecule has 1 fully saturated rings. The predicted molar refractivity (Wildman–Crippen MR) is 102 cm³/mol. The van der Waals surface area contributed by atoms with Crippen molar-refractivity contribution < 1.29 is 28.2 Å². The number of aliphatic carboxylic acids is 1. The summed E-state index contributed by atoms with van der Waals surface area (Å²) in [5.74, 6) is -2.35. The number of aromatic nitrogens is 2. The molecule has 0 amide bonds. The Morgan fingerprint density at radius 2 is 1.83 bits per heavy atom. The third kappa shape index (κ3) is 6.15. The molecule has 1 aliphatic heterocycles. The Kier molecular flexibility index (Phi) is 7.61. The van der Waals surface area contributed by atoms with E-state index in [0.717, 1.165) is 31.6 Å². The Bertz CT molecular complexity index is 826. The quantitative estimate of drug-likeness (QED) is 0.557. The third-order valence-corrected chi connectivity index (χ3v) is 5.29. The van der Waals surface area contributed by atoms with Crippen LogP contribution in [-0.4, -0.2) is 45.6 Å². The van der Waals surface area contributed by atoms with Crippen LogP contribution in [0.4, 0.5) is 18.9 Å².